The summed E-state index contributed by atoms with van der Waals surface area (Å²) in [7, 11) is 0. The number of benzene rings is 6. The minimum atomic E-state index is 1.08. The van der Waals surface area contributed by atoms with Gasteiger partial charge in [0.1, 0.15) is 0 Å². The van der Waals surface area contributed by atoms with E-state index in [4.69, 9.17) is 0 Å². The lowest BCUT2D eigenvalue weighted by atomic mass is 10.0. The number of halogens is 3. The number of anilines is 3. The van der Waals surface area contributed by atoms with Crippen LogP contribution in [-0.2, 0) is 6.42 Å². The summed E-state index contributed by atoms with van der Waals surface area (Å²) >= 11 is 13.1. The molecule has 6 aromatic rings. The van der Waals surface area contributed by atoms with Crippen LogP contribution < -0.4 is 4.90 Å². The summed E-state index contributed by atoms with van der Waals surface area (Å²) in [6, 6.07) is 50.9. The molecule has 0 aromatic heterocycles. The molecule has 212 valence electrons. The Morgan fingerprint density at radius 3 is 1.33 bits per heavy atom. The van der Waals surface area contributed by atoms with Gasteiger partial charge in [-0.15, -0.1) is 0 Å². The second-order valence-electron chi connectivity index (χ2n) is 9.73. The van der Waals surface area contributed by atoms with Crippen LogP contribution in [0.3, 0.4) is 0 Å². The molecule has 8 rings (SSSR count). The number of hydrogen-bond acceptors (Lipinski definition) is 3. The van der Waals surface area contributed by atoms with Gasteiger partial charge in [-0.2, -0.15) is 0 Å². The highest BCUT2D eigenvalue weighted by Crippen LogP contribution is 2.52. The zero-order chi connectivity index (χ0) is 29.6. The number of nitrogens with zero attached hydrogens (tertiary/aromatic N) is 1. The highest BCUT2D eigenvalue weighted by Gasteiger charge is 2.25. The molecule has 0 N–H and O–H groups in total. The van der Waals surface area contributed by atoms with Crippen molar-refractivity contribution in [3.05, 3.63) is 169 Å². The van der Waals surface area contributed by atoms with E-state index < -0.39 is 0 Å². The van der Waals surface area contributed by atoms with Crippen LogP contribution in [0, 0.1) is 3.57 Å². The van der Waals surface area contributed by atoms with Crippen molar-refractivity contribution in [2.24, 2.45) is 0 Å². The van der Waals surface area contributed by atoms with E-state index in [0.717, 1.165) is 16.6 Å². The van der Waals surface area contributed by atoms with Gasteiger partial charge in [0.05, 0.1) is 17.1 Å². The first kappa shape index (κ1) is 30.5. The fraction of sp³-hybridized carbons (Fsp3) is 0.0270. The van der Waals surface area contributed by atoms with Crippen LogP contribution in [0.4, 0.5) is 17.1 Å². The second kappa shape index (κ2) is 14.5. The second-order valence-corrected chi connectivity index (χ2v) is 14.8. The van der Waals surface area contributed by atoms with Crippen molar-refractivity contribution in [3.63, 3.8) is 0 Å². The van der Waals surface area contributed by atoms with Gasteiger partial charge in [-0.25, -0.2) is 0 Å². The molecule has 1 nitrogen and oxygen atoms in total. The highest BCUT2D eigenvalue weighted by molar-refractivity contribution is 14.1. The molecule has 0 atom stereocenters. The zero-order valence-electron chi connectivity index (χ0n) is 23.0. The number of hydrogen-bond donors (Lipinski definition) is 0. The number of rotatable bonds is 1. The average molecular weight is 835 g/mol. The van der Waals surface area contributed by atoms with Crippen LogP contribution in [0.1, 0.15) is 11.1 Å². The lowest BCUT2D eigenvalue weighted by Gasteiger charge is -2.33. The molecule has 0 amide bonds. The first-order valence-electron chi connectivity index (χ1n) is 13.7. The third kappa shape index (κ3) is 7.26. The maximum Gasteiger partial charge on any atom is 0.0604 e. The van der Waals surface area contributed by atoms with Crippen molar-refractivity contribution in [1.82, 2.24) is 0 Å². The predicted octanol–water partition coefficient (Wildman–Crippen LogP) is 13.2. The molecule has 0 aliphatic carbocycles. The zero-order valence-corrected chi connectivity index (χ0v) is 29.9. The molecule has 43 heavy (non-hydrogen) atoms. The van der Waals surface area contributed by atoms with E-state index in [0.29, 0.717) is 0 Å². The van der Waals surface area contributed by atoms with E-state index in [2.05, 4.69) is 181 Å². The molecule has 0 unspecified atom stereocenters. The standard InChI is InChI=1S/C18H12BrNS.C13H10S.C6H4BrI/c19-13-7-1-2-8-14(13)20-15-9-3-5-11-17(15)21-18-12-6-4-10-16(18)20;1-3-7-12-10(5-1)9-11-6-2-4-8-13(11)14-12;7-5-3-1-2-4-6(5)8/h1-12H;1-8H,9H2;1-4H. The quantitative estimate of drug-likeness (QED) is 0.152. The van der Waals surface area contributed by atoms with E-state index in [9.17, 15) is 0 Å². The lowest BCUT2D eigenvalue weighted by molar-refractivity contribution is 1.06. The summed E-state index contributed by atoms with van der Waals surface area (Å²) < 4.78 is 3.52. The third-order valence-corrected chi connectivity index (χ3v) is 12.3. The first-order chi connectivity index (χ1) is 21.1. The van der Waals surface area contributed by atoms with Gasteiger partial charge in [-0.05, 0) is 133 Å². The molecule has 6 aromatic carbocycles. The summed E-state index contributed by atoms with van der Waals surface area (Å²) in [5.41, 5.74) is 6.53. The van der Waals surface area contributed by atoms with Gasteiger partial charge in [-0.3, -0.25) is 0 Å². The fourth-order valence-corrected chi connectivity index (χ4v) is 8.12. The summed E-state index contributed by atoms with van der Waals surface area (Å²) in [5.74, 6) is 0. The summed E-state index contributed by atoms with van der Waals surface area (Å²) in [5, 5.41) is 0. The molecule has 2 aliphatic heterocycles. The average Bonchev–Trinajstić information content (AvgIpc) is 3.05. The van der Waals surface area contributed by atoms with Gasteiger partial charge in [0.25, 0.3) is 0 Å². The highest BCUT2D eigenvalue weighted by atomic mass is 127. The summed E-state index contributed by atoms with van der Waals surface area (Å²) in [6.07, 6.45) is 1.08. The largest absolute Gasteiger partial charge is 0.307 e. The van der Waals surface area contributed by atoms with E-state index in [1.54, 1.807) is 0 Å². The first-order valence-corrected chi connectivity index (χ1v) is 18.0. The molecule has 2 aliphatic rings. The van der Waals surface area contributed by atoms with Crippen molar-refractivity contribution in [1.29, 1.82) is 0 Å². The lowest BCUT2D eigenvalue weighted by Crippen LogP contribution is -2.15. The Labute approximate surface area is 292 Å². The van der Waals surface area contributed by atoms with E-state index >= 15 is 0 Å². The van der Waals surface area contributed by atoms with Crippen LogP contribution in [0.25, 0.3) is 0 Å². The molecule has 6 heteroatoms. The molecule has 0 fully saturated rings. The smallest absolute Gasteiger partial charge is 0.0604 e. The normalized spacial score (nSPS) is 12.2. The van der Waals surface area contributed by atoms with Crippen molar-refractivity contribution >= 4 is 95.0 Å². The van der Waals surface area contributed by atoms with Crippen LogP contribution in [0.15, 0.2) is 174 Å². The molecular formula is C37H26Br2INS2. The SMILES string of the molecule is Brc1ccccc1I.Brc1ccccc1N1c2ccccc2Sc2ccccc21.c1ccc2c(c1)Cc1ccccc1S2. The van der Waals surface area contributed by atoms with Gasteiger partial charge in [0.15, 0.2) is 0 Å². The Bertz CT molecular complexity index is 1710. The van der Waals surface area contributed by atoms with Crippen LogP contribution in [-0.4, -0.2) is 0 Å². The number of fused-ring (bicyclic) bond motifs is 4. The van der Waals surface area contributed by atoms with Crippen LogP contribution in [0.5, 0.6) is 0 Å². The fourth-order valence-electron chi connectivity index (χ4n) is 4.86. The maximum atomic E-state index is 3.69. The predicted molar refractivity (Wildman–Crippen MR) is 200 cm³/mol. The van der Waals surface area contributed by atoms with Crippen LogP contribution in [0.2, 0.25) is 0 Å². The molecule has 0 bridgehead atoms. The molecule has 2 heterocycles. The van der Waals surface area contributed by atoms with Crippen molar-refractivity contribution in [2.45, 2.75) is 26.0 Å². The Morgan fingerprint density at radius 1 is 0.442 bits per heavy atom. The summed E-state index contributed by atoms with van der Waals surface area (Å²) in [6.45, 7) is 0. The van der Waals surface area contributed by atoms with E-state index in [1.807, 2.05) is 47.8 Å². The third-order valence-electron chi connectivity index (χ3n) is 6.90. The van der Waals surface area contributed by atoms with Crippen molar-refractivity contribution < 1.29 is 0 Å². The minimum Gasteiger partial charge on any atom is -0.307 e. The van der Waals surface area contributed by atoms with Gasteiger partial charge in [0, 0.05) is 32.1 Å². The molecule has 0 saturated heterocycles. The molecule has 0 saturated carbocycles. The van der Waals surface area contributed by atoms with Gasteiger partial charge in [-0.1, -0.05) is 108 Å². The van der Waals surface area contributed by atoms with Crippen molar-refractivity contribution in [2.75, 3.05) is 4.90 Å². The molecule has 0 radical (unpaired) electrons. The maximum absolute atomic E-state index is 3.69. The Hall–Kier alpha value is -2.49. The van der Waals surface area contributed by atoms with E-state index in [-0.39, 0.29) is 0 Å². The monoisotopic (exact) mass is 833 g/mol. The minimum absolute atomic E-state index is 1.08. The van der Waals surface area contributed by atoms with Crippen molar-refractivity contribution in [3.8, 4) is 0 Å². The van der Waals surface area contributed by atoms with E-state index in [1.165, 1.54) is 50.1 Å². The summed E-state index contributed by atoms with van der Waals surface area (Å²) in [4.78, 5) is 7.71. The van der Waals surface area contributed by atoms with Gasteiger partial charge < -0.3 is 4.90 Å². The van der Waals surface area contributed by atoms with Gasteiger partial charge in [0.2, 0.25) is 0 Å². The van der Waals surface area contributed by atoms with Crippen LogP contribution >= 0.6 is 78.0 Å². The Morgan fingerprint density at radius 2 is 0.837 bits per heavy atom. The Balaban J connectivity index is 0.000000128. The topological polar surface area (TPSA) is 3.24 Å². The molecular weight excluding hydrogens is 809 g/mol. The Kier molecular flexibility index (Phi) is 10.3. The molecule has 0 spiro atoms. The number of para-hydroxylation sites is 3. The van der Waals surface area contributed by atoms with Gasteiger partial charge >= 0.3 is 0 Å².